The lowest BCUT2D eigenvalue weighted by molar-refractivity contribution is -0.114. The van der Waals surface area contributed by atoms with Crippen LogP contribution in [-0.2, 0) is 14.8 Å². The third-order valence-electron chi connectivity index (χ3n) is 3.32. The number of anilines is 2. The Balaban J connectivity index is 2.25. The van der Waals surface area contributed by atoms with Gasteiger partial charge in [-0.25, -0.2) is 12.8 Å². The molecule has 0 radical (unpaired) electrons. The first kappa shape index (κ1) is 19.5. The Kier molecular flexibility index (Phi) is 5.92. The number of benzene rings is 2. The first-order chi connectivity index (χ1) is 11.6. The average Bonchev–Trinajstić information content (AvgIpc) is 2.48. The molecule has 0 unspecified atom stereocenters. The summed E-state index contributed by atoms with van der Waals surface area (Å²) >= 11 is 11.5. The topological polar surface area (TPSA) is 66.5 Å². The molecule has 0 aromatic heterocycles. The van der Waals surface area contributed by atoms with Gasteiger partial charge in [0.15, 0.2) is 0 Å². The highest BCUT2D eigenvalue weighted by molar-refractivity contribution is 7.92. The summed E-state index contributed by atoms with van der Waals surface area (Å²) in [7, 11) is -3.71. The molecule has 0 spiro atoms. The fraction of sp³-hybridized carbons (Fsp3) is 0.188. The van der Waals surface area contributed by atoms with Crippen LogP contribution in [0.4, 0.5) is 15.8 Å². The highest BCUT2D eigenvalue weighted by Crippen LogP contribution is 2.26. The van der Waals surface area contributed by atoms with Crippen LogP contribution in [0.5, 0.6) is 0 Å². The van der Waals surface area contributed by atoms with Crippen molar-refractivity contribution in [1.82, 2.24) is 0 Å². The zero-order chi connectivity index (χ0) is 18.8. The molecule has 25 heavy (non-hydrogen) atoms. The number of halogens is 3. The Morgan fingerprint density at radius 2 is 1.88 bits per heavy atom. The van der Waals surface area contributed by atoms with E-state index >= 15 is 0 Å². The molecule has 0 saturated heterocycles. The number of hydrogen-bond donors (Lipinski definition) is 1. The van der Waals surface area contributed by atoms with E-state index in [9.17, 15) is 17.6 Å². The quantitative estimate of drug-likeness (QED) is 0.822. The van der Waals surface area contributed by atoms with Crippen molar-refractivity contribution in [1.29, 1.82) is 0 Å². The zero-order valence-corrected chi connectivity index (χ0v) is 15.7. The SMILES string of the molecule is Cc1cc(Cl)ccc1N(CC(=O)Nc1ccc(F)c(Cl)c1)S(C)(=O)=O. The van der Waals surface area contributed by atoms with Crippen LogP contribution >= 0.6 is 23.2 Å². The molecule has 0 heterocycles. The number of nitrogens with one attached hydrogen (secondary N) is 1. The number of nitrogens with zero attached hydrogens (tertiary/aromatic N) is 1. The van der Waals surface area contributed by atoms with Crippen LogP contribution < -0.4 is 9.62 Å². The second kappa shape index (κ2) is 7.59. The monoisotopic (exact) mass is 404 g/mol. The molecule has 9 heteroatoms. The van der Waals surface area contributed by atoms with Crippen molar-refractivity contribution >= 4 is 50.5 Å². The van der Waals surface area contributed by atoms with E-state index in [0.29, 0.717) is 16.3 Å². The van der Waals surface area contributed by atoms with E-state index < -0.39 is 28.3 Å². The van der Waals surface area contributed by atoms with Crippen molar-refractivity contribution in [3.63, 3.8) is 0 Å². The maximum absolute atomic E-state index is 13.2. The second-order valence-corrected chi connectivity index (χ2v) is 8.13. The number of carbonyl (C=O) groups is 1. The molecule has 0 bridgehead atoms. The Morgan fingerprint density at radius 3 is 2.44 bits per heavy atom. The zero-order valence-electron chi connectivity index (χ0n) is 13.4. The molecule has 1 N–H and O–H groups in total. The highest BCUT2D eigenvalue weighted by Gasteiger charge is 2.22. The molecule has 0 atom stereocenters. The largest absolute Gasteiger partial charge is 0.324 e. The van der Waals surface area contributed by atoms with E-state index in [1.807, 2.05) is 0 Å². The van der Waals surface area contributed by atoms with Crippen molar-refractivity contribution in [3.05, 3.63) is 57.8 Å². The summed E-state index contributed by atoms with van der Waals surface area (Å²) in [4.78, 5) is 12.2. The molecule has 5 nitrogen and oxygen atoms in total. The van der Waals surface area contributed by atoms with Gasteiger partial charge in [-0.1, -0.05) is 23.2 Å². The lowest BCUT2D eigenvalue weighted by atomic mass is 10.2. The van der Waals surface area contributed by atoms with Gasteiger partial charge in [0.2, 0.25) is 15.9 Å². The van der Waals surface area contributed by atoms with E-state index in [0.717, 1.165) is 16.6 Å². The fourth-order valence-electron chi connectivity index (χ4n) is 2.18. The fourth-order valence-corrected chi connectivity index (χ4v) is 3.51. The van der Waals surface area contributed by atoms with Crippen LogP contribution in [0, 0.1) is 12.7 Å². The van der Waals surface area contributed by atoms with E-state index in [-0.39, 0.29) is 10.7 Å². The number of sulfonamides is 1. The number of carbonyl (C=O) groups excluding carboxylic acids is 1. The van der Waals surface area contributed by atoms with Crippen molar-refractivity contribution < 1.29 is 17.6 Å². The van der Waals surface area contributed by atoms with Crippen LogP contribution in [0.1, 0.15) is 5.56 Å². The predicted molar refractivity (Wildman–Crippen MR) is 98.4 cm³/mol. The first-order valence-corrected chi connectivity index (χ1v) is 9.67. The van der Waals surface area contributed by atoms with E-state index in [1.165, 1.54) is 18.2 Å². The van der Waals surface area contributed by atoms with Crippen LogP contribution in [0.15, 0.2) is 36.4 Å². The molecule has 0 fully saturated rings. The molecule has 0 aliphatic heterocycles. The Bertz CT molecular complexity index is 920. The third-order valence-corrected chi connectivity index (χ3v) is 4.97. The maximum atomic E-state index is 13.2. The Labute approximate surface area is 155 Å². The Morgan fingerprint density at radius 1 is 1.20 bits per heavy atom. The summed E-state index contributed by atoms with van der Waals surface area (Å²) in [5.74, 6) is -1.21. The smallest absolute Gasteiger partial charge is 0.245 e. The molecule has 2 rings (SSSR count). The second-order valence-electron chi connectivity index (χ2n) is 5.38. The maximum Gasteiger partial charge on any atom is 0.245 e. The van der Waals surface area contributed by atoms with Gasteiger partial charge in [0.25, 0.3) is 0 Å². The molecule has 0 aliphatic rings. The number of aryl methyl sites for hydroxylation is 1. The summed E-state index contributed by atoms with van der Waals surface area (Å²) in [5, 5.41) is 2.80. The van der Waals surface area contributed by atoms with Crippen LogP contribution in [0.25, 0.3) is 0 Å². The number of hydrogen-bond acceptors (Lipinski definition) is 3. The van der Waals surface area contributed by atoms with Crippen LogP contribution in [0.3, 0.4) is 0 Å². The van der Waals surface area contributed by atoms with Gasteiger partial charge in [0, 0.05) is 10.7 Å². The van der Waals surface area contributed by atoms with Crippen molar-refractivity contribution in [2.45, 2.75) is 6.92 Å². The highest BCUT2D eigenvalue weighted by atomic mass is 35.5. The molecular weight excluding hydrogens is 390 g/mol. The summed E-state index contributed by atoms with van der Waals surface area (Å²) in [6, 6.07) is 8.35. The number of amides is 1. The molecule has 2 aromatic carbocycles. The van der Waals surface area contributed by atoms with Gasteiger partial charge in [-0.05, 0) is 48.9 Å². The molecule has 134 valence electrons. The average molecular weight is 405 g/mol. The summed E-state index contributed by atoms with van der Waals surface area (Å²) in [6.07, 6.45) is 1.00. The van der Waals surface area contributed by atoms with E-state index in [2.05, 4.69) is 5.32 Å². The van der Waals surface area contributed by atoms with Gasteiger partial charge in [0.05, 0.1) is 17.0 Å². The van der Waals surface area contributed by atoms with Crippen molar-refractivity contribution in [3.8, 4) is 0 Å². The van der Waals surface area contributed by atoms with E-state index in [4.69, 9.17) is 23.2 Å². The molecule has 0 aliphatic carbocycles. The predicted octanol–water partition coefficient (Wildman–Crippen LogP) is 3.85. The lowest BCUT2D eigenvalue weighted by Crippen LogP contribution is -2.37. The molecule has 2 aromatic rings. The minimum atomic E-state index is -3.71. The molecule has 0 saturated carbocycles. The Hall–Kier alpha value is -1.83. The van der Waals surface area contributed by atoms with Crippen molar-refractivity contribution in [2.24, 2.45) is 0 Å². The van der Waals surface area contributed by atoms with Gasteiger partial charge in [0.1, 0.15) is 12.4 Å². The minimum absolute atomic E-state index is 0.147. The normalized spacial score (nSPS) is 11.2. The summed E-state index contributed by atoms with van der Waals surface area (Å²) in [5.41, 5.74) is 1.22. The number of rotatable bonds is 5. The van der Waals surface area contributed by atoms with Gasteiger partial charge in [-0.15, -0.1) is 0 Å². The minimum Gasteiger partial charge on any atom is -0.324 e. The van der Waals surface area contributed by atoms with Gasteiger partial charge < -0.3 is 5.32 Å². The lowest BCUT2D eigenvalue weighted by Gasteiger charge is -2.23. The van der Waals surface area contributed by atoms with Gasteiger partial charge >= 0.3 is 0 Å². The summed E-state index contributed by atoms with van der Waals surface area (Å²) in [6.45, 7) is 1.24. The standard InChI is InChI=1S/C16H15Cl2FN2O3S/c1-10-7-11(17)3-6-15(10)21(25(2,23)24)9-16(22)20-12-4-5-14(19)13(18)8-12/h3-8H,9H2,1-2H3,(H,20,22). The summed E-state index contributed by atoms with van der Waals surface area (Å²) < 4.78 is 38.3. The van der Waals surface area contributed by atoms with Crippen molar-refractivity contribution in [2.75, 3.05) is 22.4 Å². The van der Waals surface area contributed by atoms with Crippen LogP contribution in [0.2, 0.25) is 10.0 Å². The van der Waals surface area contributed by atoms with Gasteiger partial charge in [-0.3, -0.25) is 9.10 Å². The van der Waals surface area contributed by atoms with E-state index in [1.54, 1.807) is 19.1 Å². The van der Waals surface area contributed by atoms with Crippen LogP contribution in [-0.4, -0.2) is 27.1 Å². The third kappa shape index (κ3) is 5.07. The molecule has 1 amide bonds. The molecular formula is C16H15Cl2FN2O3S. The first-order valence-electron chi connectivity index (χ1n) is 7.06. The van der Waals surface area contributed by atoms with Gasteiger partial charge in [-0.2, -0.15) is 0 Å².